The third-order valence-corrected chi connectivity index (χ3v) is 2.75. The molecule has 1 aromatic heterocycles. The standard InChI is InChI=1S/C14H18N4O/c1-3-4-12-8-13(18-17-12)16-14(19)10-5-9(2)6-11(15)7-10/h5-8H,3-4,15H2,1-2H3,(H2,16,17,18,19). The van der Waals surface area contributed by atoms with E-state index in [1.54, 1.807) is 12.1 Å². The molecule has 1 heterocycles. The minimum absolute atomic E-state index is 0.204. The highest BCUT2D eigenvalue weighted by Crippen LogP contribution is 2.14. The Balaban J connectivity index is 2.11. The molecule has 100 valence electrons. The van der Waals surface area contributed by atoms with Crippen LogP contribution in [-0.4, -0.2) is 16.1 Å². The zero-order chi connectivity index (χ0) is 13.8. The number of nitrogen functional groups attached to an aromatic ring is 1. The number of hydrogen-bond acceptors (Lipinski definition) is 3. The molecule has 0 spiro atoms. The molecule has 5 heteroatoms. The van der Waals surface area contributed by atoms with Gasteiger partial charge in [0.1, 0.15) is 0 Å². The number of rotatable bonds is 4. The second kappa shape index (κ2) is 5.56. The number of aryl methyl sites for hydroxylation is 2. The number of anilines is 2. The molecule has 0 saturated heterocycles. The van der Waals surface area contributed by atoms with Crippen molar-refractivity contribution in [3.05, 3.63) is 41.1 Å². The number of hydrogen-bond donors (Lipinski definition) is 3. The van der Waals surface area contributed by atoms with Crippen molar-refractivity contribution in [1.82, 2.24) is 10.2 Å². The Hall–Kier alpha value is -2.30. The maximum atomic E-state index is 12.1. The number of aromatic amines is 1. The molecule has 0 aliphatic rings. The summed E-state index contributed by atoms with van der Waals surface area (Å²) in [5, 5.41) is 9.71. The van der Waals surface area contributed by atoms with E-state index < -0.39 is 0 Å². The Morgan fingerprint density at radius 3 is 2.84 bits per heavy atom. The molecule has 0 aliphatic heterocycles. The Morgan fingerprint density at radius 2 is 2.16 bits per heavy atom. The second-order valence-electron chi connectivity index (χ2n) is 4.61. The highest BCUT2D eigenvalue weighted by Gasteiger charge is 2.09. The van der Waals surface area contributed by atoms with Crippen LogP contribution in [-0.2, 0) is 6.42 Å². The van der Waals surface area contributed by atoms with Crippen molar-refractivity contribution in [3.63, 3.8) is 0 Å². The predicted molar refractivity (Wildman–Crippen MR) is 76.1 cm³/mol. The van der Waals surface area contributed by atoms with Crippen molar-refractivity contribution in [2.45, 2.75) is 26.7 Å². The van der Waals surface area contributed by atoms with Gasteiger partial charge in [0.05, 0.1) is 0 Å². The number of nitrogens with zero attached hydrogens (tertiary/aromatic N) is 1. The van der Waals surface area contributed by atoms with Crippen LogP contribution in [0.2, 0.25) is 0 Å². The quantitative estimate of drug-likeness (QED) is 0.737. The number of aromatic nitrogens is 2. The Bertz CT molecular complexity index is 569. The van der Waals surface area contributed by atoms with Crippen molar-refractivity contribution in [2.24, 2.45) is 0 Å². The van der Waals surface area contributed by atoms with Gasteiger partial charge in [-0.2, -0.15) is 5.10 Å². The van der Waals surface area contributed by atoms with Gasteiger partial charge in [-0.15, -0.1) is 0 Å². The highest BCUT2D eigenvalue weighted by atomic mass is 16.1. The van der Waals surface area contributed by atoms with E-state index in [0.29, 0.717) is 17.1 Å². The molecule has 1 amide bonds. The lowest BCUT2D eigenvalue weighted by atomic mass is 10.1. The van der Waals surface area contributed by atoms with E-state index in [4.69, 9.17) is 5.73 Å². The summed E-state index contributed by atoms with van der Waals surface area (Å²) in [7, 11) is 0. The first-order valence-corrected chi connectivity index (χ1v) is 6.31. The first-order valence-electron chi connectivity index (χ1n) is 6.31. The third-order valence-electron chi connectivity index (χ3n) is 2.75. The lowest BCUT2D eigenvalue weighted by Gasteiger charge is -2.04. The van der Waals surface area contributed by atoms with Crippen LogP contribution < -0.4 is 11.1 Å². The zero-order valence-corrected chi connectivity index (χ0v) is 11.2. The molecule has 5 nitrogen and oxygen atoms in total. The van der Waals surface area contributed by atoms with E-state index >= 15 is 0 Å². The Labute approximate surface area is 112 Å². The third kappa shape index (κ3) is 3.34. The van der Waals surface area contributed by atoms with Gasteiger partial charge >= 0.3 is 0 Å². The van der Waals surface area contributed by atoms with Crippen molar-refractivity contribution < 1.29 is 4.79 Å². The van der Waals surface area contributed by atoms with Crippen molar-refractivity contribution in [3.8, 4) is 0 Å². The normalized spacial score (nSPS) is 10.4. The molecular formula is C14H18N4O. The first kappa shape index (κ1) is 13.1. The van der Waals surface area contributed by atoms with Crippen LogP contribution in [0.3, 0.4) is 0 Å². The van der Waals surface area contributed by atoms with Crippen molar-refractivity contribution in [2.75, 3.05) is 11.1 Å². The van der Waals surface area contributed by atoms with Gasteiger partial charge in [-0.1, -0.05) is 13.3 Å². The molecule has 2 rings (SSSR count). The van der Waals surface area contributed by atoms with Gasteiger partial charge in [0.25, 0.3) is 5.91 Å². The number of nitrogens with one attached hydrogen (secondary N) is 2. The number of benzene rings is 1. The second-order valence-corrected chi connectivity index (χ2v) is 4.61. The summed E-state index contributed by atoms with van der Waals surface area (Å²) in [4.78, 5) is 12.1. The number of H-pyrrole nitrogens is 1. The van der Waals surface area contributed by atoms with E-state index in [1.807, 2.05) is 19.1 Å². The topological polar surface area (TPSA) is 83.8 Å². The molecule has 0 atom stereocenters. The van der Waals surface area contributed by atoms with Crippen molar-refractivity contribution in [1.29, 1.82) is 0 Å². The van der Waals surface area contributed by atoms with Gasteiger partial charge in [0.2, 0.25) is 0 Å². The van der Waals surface area contributed by atoms with Crippen LogP contribution in [0.5, 0.6) is 0 Å². The van der Waals surface area contributed by atoms with Crippen LogP contribution in [0.25, 0.3) is 0 Å². The fraction of sp³-hybridized carbons (Fsp3) is 0.286. The molecule has 19 heavy (non-hydrogen) atoms. The summed E-state index contributed by atoms with van der Waals surface area (Å²) in [5.74, 6) is 0.332. The van der Waals surface area contributed by atoms with Gasteiger partial charge in [-0.25, -0.2) is 0 Å². The monoisotopic (exact) mass is 258 g/mol. The summed E-state index contributed by atoms with van der Waals surface area (Å²) in [6, 6.07) is 7.12. The molecule has 2 aromatic rings. The fourth-order valence-electron chi connectivity index (χ4n) is 1.96. The number of amides is 1. The largest absolute Gasteiger partial charge is 0.399 e. The van der Waals surface area contributed by atoms with Gasteiger partial charge in [-0.3, -0.25) is 9.89 Å². The van der Waals surface area contributed by atoms with Crippen molar-refractivity contribution >= 4 is 17.4 Å². The zero-order valence-electron chi connectivity index (χ0n) is 11.2. The highest BCUT2D eigenvalue weighted by molar-refractivity contribution is 6.04. The van der Waals surface area contributed by atoms with Crippen LogP contribution in [0.4, 0.5) is 11.5 Å². The minimum atomic E-state index is -0.204. The first-order chi connectivity index (χ1) is 9.08. The number of carbonyl (C=O) groups is 1. The van der Waals surface area contributed by atoms with Crippen LogP contribution in [0, 0.1) is 6.92 Å². The molecule has 0 unspecified atom stereocenters. The SMILES string of the molecule is CCCc1cc(NC(=O)c2cc(C)cc(N)c2)n[nH]1. The fourth-order valence-corrected chi connectivity index (χ4v) is 1.96. The summed E-state index contributed by atoms with van der Waals surface area (Å²) >= 11 is 0. The molecule has 4 N–H and O–H groups in total. The Kier molecular flexibility index (Phi) is 3.85. The molecule has 1 aromatic carbocycles. The average molecular weight is 258 g/mol. The Morgan fingerprint density at radius 1 is 1.37 bits per heavy atom. The summed E-state index contributed by atoms with van der Waals surface area (Å²) in [6.07, 6.45) is 1.95. The maximum absolute atomic E-state index is 12.1. The molecule has 0 fully saturated rings. The van der Waals surface area contributed by atoms with Crippen LogP contribution in [0.1, 0.15) is 35.0 Å². The van der Waals surface area contributed by atoms with Gasteiger partial charge in [0, 0.05) is 23.0 Å². The number of carbonyl (C=O) groups excluding carboxylic acids is 1. The van der Waals surface area contributed by atoms with Crippen LogP contribution in [0.15, 0.2) is 24.3 Å². The molecule has 0 radical (unpaired) electrons. The van der Waals surface area contributed by atoms with E-state index in [0.717, 1.165) is 24.1 Å². The lowest BCUT2D eigenvalue weighted by Crippen LogP contribution is -2.12. The number of nitrogens with two attached hydrogens (primary N) is 1. The molecule has 0 aliphatic carbocycles. The molecule has 0 saturated carbocycles. The van der Waals surface area contributed by atoms with Gasteiger partial charge < -0.3 is 11.1 Å². The van der Waals surface area contributed by atoms with Crippen LogP contribution >= 0.6 is 0 Å². The summed E-state index contributed by atoms with van der Waals surface area (Å²) < 4.78 is 0. The van der Waals surface area contributed by atoms with E-state index in [2.05, 4.69) is 22.4 Å². The molecular weight excluding hydrogens is 240 g/mol. The van der Waals surface area contributed by atoms with E-state index in [9.17, 15) is 4.79 Å². The molecule has 0 bridgehead atoms. The minimum Gasteiger partial charge on any atom is -0.399 e. The van der Waals surface area contributed by atoms with Gasteiger partial charge in [0.15, 0.2) is 5.82 Å². The van der Waals surface area contributed by atoms with Gasteiger partial charge in [-0.05, 0) is 37.1 Å². The summed E-state index contributed by atoms with van der Waals surface area (Å²) in [5.41, 5.74) is 8.83. The summed E-state index contributed by atoms with van der Waals surface area (Å²) in [6.45, 7) is 4.00. The van der Waals surface area contributed by atoms with E-state index in [-0.39, 0.29) is 5.91 Å². The average Bonchev–Trinajstić information content (AvgIpc) is 2.76. The smallest absolute Gasteiger partial charge is 0.256 e. The maximum Gasteiger partial charge on any atom is 0.256 e. The predicted octanol–water partition coefficient (Wildman–Crippen LogP) is 2.51. The van der Waals surface area contributed by atoms with E-state index in [1.165, 1.54) is 0 Å². The lowest BCUT2D eigenvalue weighted by molar-refractivity contribution is 0.102.